The van der Waals surface area contributed by atoms with Crippen molar-refractivity contribution in [1.29, 1.82) is 0 Å². The van der Waals surface area contributed by atoms with Gasteiger partial charge in [0.15, 0.2) is 0 Å². The van der Waals surface area contributed by atoms with Crippen molar-refractivity contribution >= 4 is 11.7 Å². The van der Waals surface area contributed by atoms with Crippen molar-refractivity contribution in [3.63, 3.8) is 0 Å². The van der Waals surface area contributed by atoms with Gasteiger partial charge < -0.3 is 10.6 Å². The number of nitrogens with two attached hydrogens (primary N) is 1. The predicted molar refractivity (Wildman–Crippen MR) is 118 cm³/mol. The summed E-state index contributed by atoms with van der Waals surface area (Å²) >= 11 is 0. The molecule has 0 spiro atoms. The van der Waals surface area contributed by atoms with E-state index < -0.39 is 0 Å². The minimum absolute atomic E-state index is 0.0882. The number of aromatic nitrogens is 1. The lowest BCUT2D eigenvalue weighted by Crippen LogP contribution is -2.56. The molecular formula is C23H31FN6O. The molecule has 0 radical (unpaired) electrons. The smallest absolute Gasteiger partial charge is 0.237 e. The lowest BCUT2D eigenvalue weighted by atomic mass is 9.84. The highest BCUT2D eigenvalue weighted by atomic mass is 19.1. The van der Waals surface area contributed by atoms with Gasteiger partial charge >= 0.3 is 0 Å². The number of carbonyl (C=O) groups is 1. The first kappa shape index (κ1) is 21.7. The highest BCUT2D eigenvalue weighted by Gasteiger charge is 2.40. The van der Waals surface area contributed by atoms with E-state index in [0.29, 0.717) is 17.9 Å². The third-order valence-corrected chi connectivity index (χ3v) is 6.34. The van der Waals surface area contributed by atoms with Crippen LogP contribution in [0.15, 0.2) is 42.6 Å². The van der Waals surface area contributed by atoms with Crippen molar-refractivity contribution in [1.82, 2.24) is 25.6 Å². The Labute approximate surface area is 182 Å². The summed E-state index contributed by atoms with van der Waals surface area (Å²) in [4.78, 5) is 21.3. The molecule has 2 aromatic rings. The first-order chi connectivity index (χ1) is 15.0. The van der Waals surface area contributed by atoms with Crippen LogP contribution in [-0.4, -0.2) is 59.5 Å². The van der Waals surface area contributed by atoms with E-state index in [2.05, 4.69) is 15.8 Å². The van der Waals surface area contributed by atoms with Gasteiger partial charge in [-0.25, -0.2) is 9.37 Å². The number of pyridine rings is 1. The summed E-state index contributed by atoms with van der Waals surface area (Å²) in [7, 11) is 1.86. The van der Waals surface area contributed by atoms with E-state index in [1.165, 1.54) is 6.07 Å². The average Bonchev–Trinajstić information content (AvgIpc) is 3.25. The van der Waals surface area contributed by atoms with Crippen LogP contribution in [0.3, 0.4) is 0 Å². The molecular weight excluding hydrogens is 395 g/mol. The minimum atomic E-state index is -0.238. The summed E-state index contributed by atoms with van der Waals surface area (Å²) < 4.78 is 14.0. The molecule has 3 unspecified atom stereocenters. The van der Waals surface area contributed by atoms with Crippen LogP contribution in [0.25, 0.3) is 0 Å². The number of rotatable bonds is 6. The molecule has 4 rings (SSSR count). The second-order valence-corrected chi connectivity index (χ2v) is 8.59. The molecule has 2 saturated heterocycles. The Morgan fingerprint density at radius 3 is 2.97 bits per heavy atom. The maximum absolute atomic E-state index is 14.0. The van der Waals surface area contributed by atoms with Gasteiger partial charge in [0.25, 0.3) is 0 Å². The van der Waals surface area contributed by atoms with Crippen LogP contribution < -0.4 is 16.6 Å². The number of hydrazine groups is 1. The maximum Gasteiger partial charge on any atom is 0.237 e. The second kappa shape index (κ2) is 9.72. The Bertz CT molecular complexity index is 909. The number of benzene rings is 1. The lowest BCUT2D eigenvalue weighted by Gasteiger charge is -2.41. The molecule has 1 aromatic carbocycles. The minimum Gasteiger partial charge on any atom is -0.384 e. The van der Waals surface area contributed by atoms with Crippen molar-refractivity contribution in [2.75, 3.05) is 32.4 Å². The molecule has 8 heteroatoms. The van der Waals surface area contributed by atoms with Gasteiger partial charge in [-0.15, -0.1) is 0 Å². The third kappa shape index (κ3) is 5.03. The molecule has 3 heterocycles. The molecule has 2 aliphatic heterocycles. The van der Waals surface area contributed by atoms with Crippen molar-refractivity contribution in [2.45, 2.75) is 43.8 Å². The number of hydrogen-bond donors (Lipinski definition) is 3. The Morgan fingerprint density at radius 1 is 1.32 bits per heavy atom. The third-order valence-electron chi connectivity index (χ3n) is 6.34. The zero-order valence-corrected chi connectivity index (χ0v) is 17.9. The number of nitrogens with one attached hydrogen (secondary N) is 2. The fourth-order valence-electron chi connectivity index (χ4n) is 4.84. The number of halogens is 1. The maximum atomic E-state index is 14.0. The first-order valence-corrected chi connectivity index (χ1v) is 10.9. The van der Waals surface area contributed by atoms with Crippen LogP contribution >= 0.6 is 0 Å². The Kier molecular flexibility index (Phi) is 6.80. The summed E-state index contributed by atoms with van der Waals surface area (Å²) in [6.45, 7) is 2.19. The molecule has 0 saturated carbocycles. The fourth-order valence-corrected chi connectivity index (χ4v) is 4.84. The van der Waals surface area contributed by atoms with E-state index in [1.807, 2.05) is 35.0 Å². The number of likely N-dealkylation sites (N-methyl/N-ethyl adjacent to an activating group) is 1. The first-order valence-electron chi connectivity index (χ1n) is 10.9. The van der Waals surface area contributed by atoms with Gasteiger partial charge in [-0.1, -0.05) is 18.2 Å². The van der Waals surface area contributed by atoms with Gasteiger partial charge in [-0.3, -0.25) is 20.5 Å². The van der Waals surface area contributed by atoms with Gasteiger partial charge in [0.05, 0.1) is 6.54 Å². The molecule has 7 nitrogen and oxygen atoms in total. The van der Waals surface area contributed by atoms with Crippen LogP contribution in [-0.2, 0) is 11.3 Å². The number of anilines is 1. The number of hydrogen-bond acceptors (Lipinski definition) is 6. The standard InChI is InChI=1S/C23H31FN6O/c1-29(14-17-6-2-3-7-19(17)24)15-22(31)30-11-5-4-8-20(30)23-18(13-27-28-23)16-9-10-26-21(25)12-16/h2-3,6-7,9-10,12,18,20,23,27-28H,4-5,8,11,13-15H2,1H3,(H2,25,26). The van der Waals surface area contributed by atoms with Crippen LogP contribution in [0, 0.1) is 5.82 Å². The van der Waals surface area contributed by atoms with Crippen LogP contribution in [0.2, 0.25) is 0 Å². The fraction of sp³-hybridized carbons (Fsp3) is 0.478. The highest BCUT2D eigenvalue weighted by Crippen LogP contribution is 2.31. The highest BCUT2D eigenvalue weighted by molar-refractivity contribution is 5.78. The second-order valence-electron chi connectivity index (χ2n) is 8.59. The van der Waals surface area contributed by atoms with Gasteiger partial charge in [-0.2, -0.15) is 0 Å². The van der Waals surface area contributed by atoms with Crippen molar-refractivity contribution in [3.05, 3.63) is 59.5 Å². The number of nitrogens with zero attached hydrogens (tertiary/aromatic N) is 3. The van der Waals surface area contributed by atoms with Crippen LogP contribution in [0.1, 0.15) is 36.3 Å². The van der Waals surface area contributed by atoms with Crippen LogP contribution in [0.5, 0.6) is 0 Å². The number of carbonyl (C=O) groups excluding carboxylic acids is 1. The molecule has 1 aromatic heterocycles. The summed E-state index contributed by atoms with van der Waals surface area (Å²) in [6, 6.07) is 10.8. The van der Waals surface area contributed by atoms with Gasteiger partial charge in [0.2, 0.25) is 5.91 Å². The zero-order chi connectivity index (χ0) is 21.8. The Hall–Kier alpha value is -2.55. The molecule has 3 atom stereocenters. The molecule has 2 fully saturated rings. The zero-order valence-electron chi connectivity index (χ0n) is 17.9. The molecule has 0 bridgehead atoms. The topological polar surface area (TPSA) is 86.5 Å². The van der Waals surface area contributed by atoms with E-state index in [9.17, 15) is 9.18 Å². The molecule has 31 heavy (non-hydrogen) atoms. The van der Waals surface area contributed by atoms with E-state index in [1.54, 1.807) is 18.3 Å². The summed E-state index contributed by atoms with van der Waals surface area (Å²) in [6.07, 6.45) is 4.80. The van der Waals surface area contributed by atoms with E-state index in [4.69, 9.17) is 5.73 Å². The SMILES string of the molecule is CN(CC(=O)N1CCCCC1C1NNCC1c1ccnc(N)c1)Cc1ccccc1F. The van der Waals surface area contributed by atoms with Crippen molar-refractivity contribution in [3.8, 4) is 0 Å². The molecule has 0 aliphatic carbocycles. The number of likely N-dealkylation sites (tertiary alicyclic amines) is 1. The lowest BCUT2D eigenvalue weighted by molar-refractivity contribution is -0.136. The summed E-state index contributed by atoms with van der Waals surface area (Å²) in [5.74, 6) is 0.568. The van der Waals surface area contributed by atoms with Crippen molar-refractivity contribution < 1.29 is 9.18 Å². The Morgan fingerprint density at radius 2 is 2.16 bits per heavy atom. The molecule has 2 aliphatic rings. The van der Waals surface area contributed by atoms with E-state index >= 15 is 0 Å². The molecule has 4 N–H and O–H groups in total. The quantitative estimate of drug-likeness (QED) is 0.654. The van der Waals surface area contributed by atoms with E-state index in [-0.39, 0.29) is 36.3 Å². The number of nitrogen functional groups attached to an aromatic ring is 1. The van der Waals surface area contributed by atoms with E-state index in [0.717, 1.165) is 37.9 Å². The van der Waals surface area contributed by atoms with Crippen LogP contribution in [0.4, 0.5) is 10.2 Å². The summed E-state index contributed by atoms with van der Waals surface area (Å²) in [5.41, 5.74) is 14.3. The van der Waals surface area contributed by atoms with Gasteiger partial charge in [0.1, 0.15) is 11.6 Å². The summed E-state index contributed by atoms with van der Waals surface area (Å²) in [5, 5.41) is 0. The predicted octanol–water partition coefficient (Wildman–Crippen LogP) is 1.88. The van der Waals surface area contributed by atoms with Gasteiger partial charge in [0, 0.05) is 49.4 Å². The van der Waals surface area contributed by atoms with Gasteiger partial charge in [-0.05, 0) is 50.1 Å². The average molecular weight is 427 g/mol. The normalized spacial score (nSPS) is 24.0. The molecule has 166 valence electrons. The number of amides is 1. The largest absolute Gasteiger partial charge is 0.384 e. The number of piperidine rings is 1. The van der Waals surface area contributed by atoms with Crippen molar-refractivity contribution in [2.24, 2.45) is 0 Å². The Balaban J connectivity index is 1.45. The molecule has 1 amide bonds. The monoisotopic (exact) mass is 426 g/mol.